The lowest BCUT2D eigenvalue weighted by Gasteiger charge is -2.05. The van der Waals surface area contributed by atoms with Crippen LogP contribution >= 0.6 is 0 Å². The smallest absolute Gasteiger partial charge is 0.215 e. The average Bonchev–Trinajstić information content (AvgIpc) is 3.33. The summed E-state index contributed by atoms with van der Waals surface area (Å²) in [6, 6.07) is 8.64. The van der Waals surface area contributed by atoms with Crippen molar-refractivity contribution in [1.29, 1.82) is 0 Å². The summed E-state index contributed by atoms with van der Waals surface area (Å²) in [6.07, 6.45) is 3.88. The Kier molecular flexibility index (Phi) is 2.29. The van der Waals surface area contributed by atoms with E-state index >= 15 is 0 Å². The molecule has 0 bridgehead atoms. The molecule has 0 fully saturated rings. The van der Waals surface area contributed by atoms with Gasteiger partial charge in [-0.25, -0.2) is 9.97 Å². The van der Waals surface area contributed by atoms with E-state index in [0.29, 0.717) is 0 Å². The predicted molar refractivity (Wildman–Crippen MR) is 104 cm³/mol. The maximum Gasteiger partial charge on any atom is 0.215 e. The second kappa shape index (κ2) is 4.27. The fourth-order valence-corrected chi connectivity index (χ4v) is 4.58. The maximum atomic E-state index is 4.94. The van der Waals surface area contributed by atoms with Gasteiger partial charge in [-0.05, 0) is 31.5 Å². The summed E-state index contributed by atoms with van der Waals surface area (Å²) < 4.78 is 8.81. The highest BCUT2D eigenvalue weighted by Gasteiger charge is 2.20. The van der Waals surface area contributed by atoms with Crippen LogP contribution in [0.2, 0.25) is 0 Å². The quantitative estimate of drug-likeness (QED) is 0.422. The van der Waals surface area contributed by atoms with Gasteiger partial charge in [0.15, 0.2) is 0 Å². The van der Waals surface area contributed by atoms with Crippen molar-refractivity contribution in [2.75, 3.05) is 0 Å². The molecule has 0 atom stereocenters. The number of imidazole rings is 4. The molecule has 0 saturated carbocycles. The highest BCUT2D eigenvalue weighted by Crippen LogP contribution is 2.34. The number of para-hydroxylation sites is 1. The molecule has 2 aromatic carbocycles. The Labute approximate surface area is 148 Å². The topological polar surface area (TPSA) is 44.5 Å². The molecule has 0 aliphatic rings. The van der Waals surface area contributed by atoms with E-state index in [9.17, 15) is 0 Å². The fourth-order valence-electron chi connectivity index (χ4n) is 4.58. The molecule has 0 unspecified atom stereocenters. The van der Waals surface area contributed by atoms with Crippen LogP contribution in [0.5, 0.6) is 0 Å². The van der Waals surface area contributed by atoms with Crippen LogP contribution in [0.15, 0.2) is 36.7 Å². The Morgan fingerprint density at radius 1 is 0.885 bits per heavy atom. The van der Waals surface area contributed by atoms with Crippen LogP contribution in [-0.2, 0) is 14.1 Å². The van der Waals surface area contributed by atoms with Crippen molar-refractivity contribution >= 4 is 44.7 Å². The molecule has 4 heterocycles. The van der Waals surface area contributed by atoms with Crippen LogP contribution in [0, 0.1) is 13.8 Å². The van der Waals surface area contributed by atoms with E-state index in [2.05, 4.69) is 75.1 Å². The van der Waals surface area contributed by atoms with Crippen LogP contribution < -0.4 is 0 Å². The molecule has 6 heteroatoms. The van der Waals surface area contributed by atoms with Gasteiger partial charge in [0.05, 0.1) is 33.1 Å². The van der Waals surface area contributed by atoms with Crippen molar-refractivity contribution in [2.24, 2.45) is 14.1 Å². The summed E-state index contributed by atoms with van der Waals surface area (Å²) in [6.45, 7) is 4.31. The van der Waals surface area contributed by atoms with Crippen LogP contribution in [0.25, 0.3) is 44.7 Å². The number of hydrogen-bond donors (Lipinski definition) is 0. The van der Waals surface area contributed by atoms with E-state index in [1.54, 1.807) is 0 Å². The summed E-state index contributed by atoms with van der Waals surface area (Å²) >= 11 is 0. The molecule has 0 spiro atoms. The van der Waals surface area contributed by atoms with Gasteiger partial charge in [0.2, 0.25) is 11.6 Å². The molecule has 4 aromatic heterocycles. The Morgan fingerprint density at radius 2 is 1.65 bits per heavy atom. The van der Waals surface area contributed by atoms with E-state index in [-0.39, 0.29) is 0 Å². The van der Waals surface area contributed by atoms with Crippen molar-refractivity contribution < 1.29 is 0 Å². The third kappa shape index (κ3) is 1.37. The van der Waals surface area contributed by atoms with Crippen molar-refractivity contribution in [2.45, 2.75) is 13.8 Å². The minimum absolute atomic E-state index is 0.959. The molecule has 6 nitrogen and oxygen atoms in total. The van der Waals surface area contributed by atoms with Crippen molar-refractivity contribution in [3.05, 3.63) is 47.8 Å². The van der Waals surface area contributed by atoms with Crippen LogP contribution in [0.1, 0.15) is 11.1 Å². The van der Waals surface area contributed by atoms with E-state index < -0.39 is 0 Å². The number of rotatable bonds is 0. The van der Waals surface area contributed by atoms with Crippen molar-refractivity contribution in [3.63, 3.8) is 0 Å². The molecule has 128 valence electrons. The second-order valence-electron chi connectivity index (χ2n) is 7.14. The molecule has 0 saturated heterocycles. The highest BCUT2D eigenvalue weighted by molar-refractivity contribution is 6.02. The molecule has 26 heavy (non-hydrogen) atoms. The van der Waals surface area contributed by atoms with Crippen LogP contribution in [0.3, 0.4) is 0 Å². The van der Waals surface area contributed by atoms with Gasteiger partial charge in [-0.1, -0.05) is 12.1 Å². The standard InChI is InChI=1S/C20H18N6/c1-11-6-5-7-13-16(11)22-20-24(4)18-12(2)17-14(10-15(18)26(13)20)25-9-8-21-19(25)23(17)3/h5-10H,1-4H3. The van der Waals surface area contributed by atoms with E-state index in [0.717, 1.165) is 22.6 Å². The number of aryl methyl sites for hydroxylation is 4. The molecule has 0 N–H and O–H groups in total. The largest absolute Gasteiger partial charge is 0.312 e. The summed E-state index contributed by atoms with van der Waals surface area (Å²) in [5.74, 6) is 1.94. The van der Waals surface area contributed by atoms with Gasteiger partial charge >= 0.3 is 0 Å². The minimum Gasteiger partial charge on any atom is -0.312 e. The first-order valence-corrected chi connectivity index (χ1v) is 8.75. The van der Waals surface area contributed by atoms with Crippen molar-refractivity contribution in [1.82, 2.24) is 27.9 Å². The van der Waals surface area contributed by atoms with Gasteiger partial charge in [0, 0.05) is 32.1 Å². The molecule has 6 aromatic rings. The number of fused-ring (bicyclic) bond motifs is 8. The lowest BCUT2D eigenvalue weighted by molar-refractivity contribution is 0.955. The van der Waals surface area contributed by atoms with Gasteiger partial charge in [-0.2, -0.15) is 0 Å². The number of hydrogen-bond acceptors (Lipinski definition) is 2. The summed E-state index contributed by atoms with van der Waals surface area (Å²) in [7, 11) is 4.18. The Balaban J connectivity index is 1.96. The first kappa shape index (κ1) is 13.9. The van der Waals surface area contributed by atoms with Gasteiger partial charge < -0.3 is 9.13 Å². The molecule has 0 amide bonds. The first-order valence-electron chi connectivity index (χ1n) is 8.75. The summed E-state index contributed by atoms with van der Waals surface area (Å²) in [4.78, 5) is 9.45. The van der Waals surface area contributed by atoms with Gasteiger partial charge in [0.1, 0.15) is 0 Å². The number of aromatic nitrogens is 6. The SMILES string of the molecule is Cc1cccc2c1nc1n(C)c3c(C)c4c(cc3n21)n1ccnc1n4C. The van der Waals surface area contributed by atoms with Crippen LogP contribution in [0.4, 0.5) is 0 Å². The maximum absolute atomic E-state index is 4.94. The Bertz CT molecular complexity index is 1520. The Hall–Kier alpha value is -3.28. The first-order chi connectivity index (χ1) is 12.6. The zero-order chi connectivity index (χ0) is 17.7. The fraction of sp³-hybridized carbons (Fsp3) is 0.200. The second-order valence-corrected chi connectivity index (χ2v) is 7.14. The zero-order valence-electron chi connectivity index (χ0n) is 15.1. The van der Waals surface area contributed by atoms with E-state index in [1.165, 1.54) is 33.2 Å². The summed E-state index contributed by atoms with van der Waals surface area (Å²) in [5.41, 5.74) is 9.46. The zero-order valence-corrected chi connectivity index (χ0v) is 15.1. The molecule has 0 aliphatic carbocycles. The molecule has 0 aliphatic heterocycles. The molecular weight excluding hydrogens is 324 g/mol. The number of benzene rings is 2. The summed E-state index contributed by atoms with van der Waals surface area (Å²) in [5, 5.41) is 0. The molecular formula is C20H18N6. The van der Waals surface area contributed by atoms with Gasteiger partial charge in [0.25, 0.3) is 0 Å². The lowest BCUT2D eigenvalue weighted by Crippen LogP contribution is -1.95. The van der Waals surface area contributed by atoms with Crippen LogP contribution in [-0.4, -0.2) is 27.9 Å². The van der Waals surface area contributed by atoms with Gasteiger partial charge in [-0.15, -0.1) is 0 Å². The third-order valence-electron chi connectivity index (χ3n) is 5.73. The van der Waals surface area contributed by atoms with E-state index in [1.807, 2.05) is 12.4 Å². The third-order valence-corrected chi connectivity index (χ3v) is 5.73. The monoisotopic (exact) mass is 342 g/mol. The van der Waals surface area contributed by atoms with Gasteiger partial charge in [-0.3, -0.25) is 8.80 Å². The minimum atomic E-state index is 0.959. The average molecular weight is 342 g/mol. The van der Waals surface area contributed by atoms with E-state index in [4.69, 9.17) is 4.98 Å². The Morgan fingerprint density at radius 3 is 2.50 bits per heavy atom. The normalized spacial score (nSPS) is 12.6. The lowest BCUT2D eigenvalue weighted by atomic mass is 10.1. The predicted octanol–water partition coefficient (Wildman–Crippen LogP) is 3.74. The molecule has 0 radical (unpaired) electrons. The number of nitrogens with zero attached hydrogens (tertiary/aromatic N) is 6. The molecule has 6 rings (SSSR count). The highest BCUT2D eigenvalue weighted by atomic mass is 15.2. The van der Waals surface area contributed by atoms with Crippen molar-refractivity contribution in [3.8, 4) is 0 Å².